The first-order valence-corrected chi connectivity index (χ1v) is 5.64. The fourth-order valence-electron chi connectivity index (χ4n) is 2.24. The van der Waals surface area contributed by atoms with Gasteiger partial charge in [-0.1, -0.05) is 19.9 Å². The van der Waals surface area contributed by atoms with Crippen molar-refractivity contribution in [2.75, 3.05) is 20.2 Å². The van der Waals surface area contributed by atoms with Gasteiger partial charge in [0, 0.05) is 12.0 Å². The zero-order valence-electron chi connectivity index (χ0n) is 10.1. The van der Waals surface area contributed by atoms with Crippen LogP contribution in [0, 0.1) is 0 Å². The van der Waals surface area contributed by atoms with Crippen LogP contribution in [0.3, 0.4) is 0 Å². The van der Waals surface area contributed by atoms with Gasteiger partial charge in [0.25, 0.3) is 0 Å². The molecule has 1 heterocycles. The van der Waals surface area contributed by atoms with Crippen LogP contribution in [0.25, 0.3) is 0 Å². The Labute approximate surface area is 96.4 Å². The summed E-state index contributed by atoms with van der Waals surface area (Å²) in [6.07, 6.45) is 0.0913. The molecule has 0 bridgehead atoms. The number of likely N-dealkylation sites (N-methyl/N-ethyl adjacent to an activating group) is 1. The third-order valence-corrected chi connectivity index (χ3v) is 3.15. The summed E-state index contributed by atoms with van der Waals surface area (Å²) in [7, 11) is 1.92. The van der Waals surface area contributed by atoms with Crippen molar-refractivity contribution in [3.05, 3.63) is 29.3 Å². The summed E-state index contributed by atoms with van der Waals surface area (Å²) in [6, 6.07) is 5.56. The fourth-order valence-corrected chi connectivity index (χ4v) is 2.24. The second-order valence-corrected chi connectivity index (χ2v) is 5.01. The molecule has 0 aromatic heterocycles. The first kappa shape index (κ1) is 11.4. The standard InChI is InChI=1S/C13H19NO2/c1-13(2)8-16-12(7-14-3)10-5-4-9(15)6-11(10)13/h4-6,12,14-15H,7-8H2,1-3H3. The lowest BCUT2D eigenvalue weighted by Gasteiger charge is -2.37. The molecule has 0 saturated heterocycles. The molecule has 1 aromatic carbocycles. The zero-order valence-corrected chi connectivity index (χ0v) is 10.1. The van der Waals surface area contributed by atoms with E-state index in [4.69, 9.17) is 4.74 Å². The summed E-state index contributed by atoms with van der Waals surface area (Å²) >= 11 is 0. The van der Waals surface area contributed by atoms with Crippen molar-refractivity contribution < 1.29 is 9.84 Å². The SMILES string of the molecule is CNCC1OCC(C)(C)c2cc(O)ccc21. The van der Waals surface area contributed by atoms with Gasteiger partial charge in [0.1, 0.15) is 5.75 Å². The highest BCUT2D eigenvalue weighted by Crippen LogP contribution is 2.38. The van der Waals surface area contributed by atoms with Gasteiger partial charge in [-0.05, 0) is 30.3 Å². The van der Waals surface area contributed by atoms with Gasteiger partial charge in [0.05, 0.1) is 12.7 Å². The largest absolute Gasteiger partial charge is 0.508 e. The molecule has 1 atom stereocenters. The van der Waals surface area contributed by atoms with Crippen LogP contribution in [0.1, 0.15) is 31.1 Å². The van der Waals surface area contributed by atoms with Crippen molar-refractivity contribution in [3.8, 4) is 5.75 Å². The molecular formula is C13H19NO2. The van der Waals surface area contributed by atoms with Gasteiger partial charge >= 0.3 is 0 Å². The summed E-state index contributed by atoms with van der Waals surface area (Å²) in [6.45, 7) is 5.77. The van der Waals surface area contributed by atoms with E-state index in [9.17, 15) is 5.11 Å². The maximum Gasteiger partial charge on any atom is 0.115 e. The summed E-state index contributed by atoms with van der Waals surface area (Å²) in [5, 5.41) is 12.7. The minimum absolute atomic E-state index is 0.0294. The van der Waals surface area contributed by atoms with E-state index in [1.165, 1.54) is 11.1 Å². The number of hydrogen-bond donors (Lipinski definition) is 2. The molecule has 0 radical (unpaired) electrons. The third kappa shape index (κ3) is 1.93. The molecule has 2 N–H and O–H groups in total. The predicted octanol–water partition coefficient (Wildman–Crippen LogP) is 1.96. The van der Waals surface area contributed by atoms with Crippen molar-refractivity contribution in [2.45, 2.75) is 25.4 Å². The minimum Gasteiger partial charge on any atom is -0.508 e. The molecular weight excluding hydrogens is 202 g/mol. The molecule has 2 rings (SSSR count). The number of ether oxygens (including phenoxy) is 1. The van der Waals surface area contributed by atoms with Crippen LogP contribution < -0.4 is 5.32 Å². The quantitative estimate of drug-likeness (QED) is 0.802. The number of hydrogen-bond acceptors (Lipinski definition) is 3. The first-order chi connectivity index (χ1) is 7.54. The van der Waals surface area contributed by atoms with E-state index in [-0.39, 0.29) is 11.5 Å². The fraction of sp³-hybridized carbons (Fsp3) is 0.538. The Morgan fingerprint density at radius 3 is 2.94 bits per heavy atom. The molecule has 16 heavy (non-hydrogen) atoms. The summed E-state index contributed by atoms with van der Waals surface area (Å²) < 4.78 is 5.86. The number of phenols is 1. The van der Waals surface area contributed by atoms with Crippen LogP contribution in [0.5, 0.6) is 5.75 Å². The Kier molecular flexibility index (Phi) is 2.91. The number of nitrogens with one attached hydrogen (secondary N) is 1. The van der Waals surface area contributed by atoms with Crippen LogP contribution in [-0.4, -0.2) is 25.3 Å². The number of rotatable bonds is 2. The topological polar surface area (TPSA) is 41.5 Å². The first-order valence-electron chi connectivity index (χ1n) is 5.64. The second-order valence-electron chi connectivity index (χ2n) is 5.01. The maximum atomic E-state index is 9.58. The Hall–Kier alpha value is -1.06. The summed E-state index contributed by atoms with van der Waals surface area (Å²) in [5.74, 6) is 0.330. The second kappa shape index (κ2) is 4.07. The highest BCUT2D eigenvalue weighted by Gasteiger charge is 2.33. The van der Waals surface area contributed by atoms with Crippen molar-refractivity contribution in [3.63, 3.8) is 0 Å². The Morgan fingerprint density at radius 1 is 1.50 bits per heavy atom. The van der Waals surface area contributed by atoms with Crippen LogP contribution in [0.2, 0.25) is 0 Å². The highest BCUT2D eigenvalue weighted by molar-refractivity contribution is 5.42. The lowest BCUT2D eigenvalue weighted by molar-refractivity contribution is 0.00824. The minimum atomic E-state index is -0.0294. The van der Waals surface area contributed by atoms with Gasteiger partial charge in [-0.15, -0.1) is 0 Å². The maximum absolute atomic E-state index is 9.58. The van der Waals surface area contributed by atoms with E-state index in [2.05, 4.69) is 19.2 Å². The molecule has 3 heteroatoms. The predicted molar refractivity (Wildman–Crippen MR) is 63.8 cm³/mol. The van der Waals surface area contributed by atoms with E-state index >= 15 is 0 Å². The smallest absolute Gasteiger partial charge is 0.115 e. The van der Waals surface area contributed by atoms with Crippen molar-refractivity contribution in [1.82, 2.24) is 5.32 Å². The molecule has 0 saturated carbocycles. The van der Waals surface area contributed by atoms with Crippen molar-refractivity contribution in [2.24, 2.45) is 0 Å². The van der Waals surface area contributed by atoms with E-state index in [1.54, 1.807) is 6.07 Å². The van der Waals surface area contributed by atoms with E-state index < -0.39 is 0 Å². The lowest BCUT2D eigenvalue weighted by Crippen LogP contribution is -2.35. The number of phenolic OH excluding ortho intramolecular Hbond substituents is 1. The van der Waals surface area contributed by atoms with Gasteiger partial charge in [-0.2, -0.15) is 0 Å². The Balaban J connectivity index is 2.45. The molecule has 1 aromatic rings. The van der Waals surface area contributed by atoms with Crippen molar-refractivity contribution in [1.29, 1.82) is 0 Å². The lowest BCUT2D eigenvalue weighted by atomic mass is 9.79. The molecule has 3 nitrogen and oxygen atoms in total. The normalized spacial score (nSPS) is 22.8. The molecule has 1 aliphatic rings. The molecule has 1 aliphatic heterocycles. The Morgan fingerprint density at radius 2 is 2.25 bits per heavy atom. The number of benzene rings is 1. The molecule has 0 amide bonds. The van der Waals surface area contributed by atoms with E-state index in [0.717, 1.165) is 6.54 Å². The molecule has 0 spiro atoms. The van der Waals surface area contributed by atoms with Crippen molar-refractivity contribution >= 4 is 0 Å². The molecule has 0 fully saturated rings. The average Bonchev–Trinajstić information content (AvgIpc) is 2.23. The highest BCUT2D eigenvalue weighted by atomic mass is 16.5. The number of aromatic hydroxyl groups is 1. The number of fused-ring (bicyclic) bond motifs is 1. The van der Waals surface area contributed by atoms with Gasteiger partial charge in [0.15, 0.2) is 0 Å². The van der Waals surface area contributed by atoms with Gasteiger partial charge in [0.2, 0.25) is 0 Å². The van der Waals surface area contributed by atoms with Crippen LogP contribution in [-0.2, 0) is 10.2 Å². The van der Waals surface area contributed by atoms with E-state index in [1.807, 2.05) is 19.2 Å². The van der Waals surface area contributed by atoms with Crippen LogP contribution >= 0.6 is 0 Å². The summed E-state index contributed by atoms with van der Waals surface area (Å²) in [4.78, 5) is 0. The van der Waals surface area contributed by atoms with Gasteiger partial charge in [-0.25, -0.2) is 0 Å². The van der Waals surface area contributed by atoms with Crippen LogP contribution in [0.4, 0.5) is 0 Å². The van der Waals surface area contributed by atoms with E-state index in [0.29, 0.717) is 12.4 Å². The van der Waals surface area contributed by atoms with Gasteiger partial charge in [-0.3, -0.25) is 0 Å². The zero-order chi connectivity index (χ0) is 11.8. The van der Waals surface area contributed by atoms with Gasteiger partial charge < -0.3 is 15.2 Å². The third-order valence-electron chi connectivity index (χ3n) is 3.15. The average molecular weight is 221 g/mol. The molecule has 1 unspecified atom stereocenters. The molecule has 88 valence electrons. The Bertz CT molecular complexity index is 388. The van der Waals surface area contributed by atoms with Crippen LogP contribution in [0.15, 0.2) is 18.2 Å². The monoisotopic (exact) mass is 221 g/mol. The molecule has 0 aliphatic carbocycles. The summed E-state index contributed by atoms with van der Waals surface area (Å²) in [5.41, 5.74) is 2.35.